The number of hydrogen-bond donors (Lipinski definition) is 2. The maximum absolute atomic E-state index is 12.2. The van der Waals surface area contributed by atoms with Crippen LogP contribution in [0.1, 0.15) is 18.4 Å². The largest absolute Gasteiger partial charge is 0.445 e. The van der Waals surface area contributed by atoms with Crippen LogP contribution in [0.4, 0.5) is 4.79 Å². The van der Waals surface area contributed by atoms with Crippen LogP contribution in [-0.2, 0) is 25.7 Å². The summed E-state index contributed by atoms with van der Waals surface area (Å²) in [5.74, 6) is -0.759. The predicted octanol–water partition coefficient (Wildman–Crippen LogP) is 0.130. The number of rotatable bonds is 7. The van der Waals surface area contributed by atoms with Crippen LogP contribution in [0, 0.1) is 0 Å². The molecule has 2 N–H and O–H groups in total. The summed E-state index contributed by atoms with van der Waals surface area (Å²) < 4.78 is 5.03. The van der Waals surface area contributed by atoms with E-state index in [0.29, 0.717) is 19.4 Å². The van der Waals surface area contributed by atoms with Crippen LogP contribution in [-0.4, -0.2) is 54.8 Å². The van der Waals surface area contributed by atoms with Crippen molar-refractivity contribution in [3.05, 3.63) is 35.9 Å². The molecule has 0 aromatic heterocycles. The molecule has 1 radical (unpaired) electrons. The number of nitrogens with zero attached hydrogens (tertiary/aromatic N) is 1. The van der Waals surface area contributed by atoms with Crippen molar-refractivity contribution in [2.75, 3.05) is 19.6 Å². The first-order valence-corrected chi connectivity index (χ1v) is 7.98. The highest BCUT2D eigenvalue weighted by Crippen LogP contribution is 2.17. The summed E-state index contributed by atoms with van der Waals surface area (Å²) in [6, 6.07) is 8.55. The summed E-state index contributed by atoms with van der Waals surface area (Å²) in [4.78, 5) is 47.4. The van der Waals surface area contributed by atoms with Crippen molar-refractivity contribution in [1.29, 1.82) is 0 Å². The van der Waals surface area contributed by atoms with Gasteiger partial charge in [-0.15, -0.1) is 0 Å². The van der Waals surface area contributed by atoms with Crippen LogP contribution < -0.4 is 10.6 Å². The molecule has 0 saturated carbocycles. The SMILES string of the molecule is O=[C]CNC(=O)[C@@H]1CCCN1C(=O)CNC(=O)OCc1ccccc1. The average Bonchev–Trinajstić information content (AvgIpc) is 3.13. The van der Waals surface area contributed by atoms with Crippen LogP contribution in [0.3, 0.4) is 0 Å². The van der Waals surface area contributed by atoms with Crippen molar-refractivity contribution < 1.29 is 23.9 Å². The van der Waals surface area contributed by atoms with Gasteiger partial charge in [-0.25, -0.2) is 4.79 Å². The fourth-order valence-electron chi connectivity index (χ4n) is 2.60. The fourth-order valence-corrected chi connectivity index (χ4v) is 2.60. The summed E-state index contributed by atoms with van der Waals surface area (Å²) in [6.45, 7) is 0.0822. The average molecular weight is 346 g/mol. The number of benzene rings is 1. The minimum absolute atomic E-state index is 0.109. The van der Waals surface area contributed by atoms with Gasteiger partial charge in [-0.05, 0) is 18.4 Å². The first-order valence-electron chi connectivity index (χ1n) is 7.98. The third-order valence-electron chi connectivity index (χ3n) is 3.81. The quantitative estimate of drug-likeness (QED) is 0.730. The first kappa shape index (κ1) is 18.4. The molecule has 1 aromatic rings. The van der Waals surface area contributed by atoms with Crippen molar-refractivity contribution in [2.24, 2.45) is 0 Å². The van der Waals surface area contributed by atoms with Crippen LogP contribution in [0.5, 0.6) is 0 Å². The number of carbonyl (C=O) groups excluding carboxylic acids is 4. The van der Waals surface area contributed by atoms with Crippen molar-refractivity contribution >= 4 is 24.2 Å². The number of carbonyl (C=O) groups is 3. The van der Waals surface area contributed by atoms with Gasteiger partial charge in [0.15, 0.2) is 0 Å². The molecule has 133 valence electrons. The van der Waals surface area contributed by atoms with E-state index in [2.05, 4.69) is 10.6 Å². The lowest BCUT2D eigenvalue weighted by molar-refractivity contribution is -0.137. The van der Waals surface area contributed by atoms with Gasteiger partial charge in [0.2, 0.25) is 18.1 Å². The van der Waals surface area contributed by atoms with E-state index >= 15 is 0 Å². The normalized spacial score (nSPS) is 16.2. The Labute approximate surface area is 145 Å². The fraction of sp³-hybridized carbons (Fsp3) is 0.412. The van der Waals surface area contributed by atoms with Gasteiger partial charge in [0.1, 0.15) is 19.2 Å². The molecule has 1 aliphatic rings. The minimum Gasteiger partial charge on any atom is -0.445 e. The Balaban J connectivity index is 1.75. The van der Waals surface area contributed by atoms with Gasteiger partial charge in [-0.3, -0.25) is 14.4 Å². The highest BCUT2D eigenvalue weighted by atomic mass is 16.5. The van der Waals surface area contributed by atoms with Crippen LogP contribution >= 0.6 is 0 Å². The Kier molecular flexibility index (Phi) is 6.94. The molecule has 0 unspecified atom stereocenters. The van der Waals surface area contributed by atoms with Crippen molar-refractivity contribution in [2.45, 2.75) is 25.5 Å². The topological polar surface area (TPSA) is 105 Å². The van der Waals surface area contributed by atoms with Gasteiger partial charge in [-0.1, -0.05) is 30.3 Å². The Bertz CT molecular complexity index is 620. The molecule has 0 aliphatic carbocycles. The van der Waals surface area contributed by atoms with Gasteiger partial charge in [0, 0.05) is 6.54 Å². The molecular weight excluding hydrogens is 326 g/mol. The zero-order valence-corrected chi connectivity index (χ0v) is 13.7. The molecule has 8 nitrogen and oxygen atoms in total. The molecule has 8 heteroatoms. The number of hydrogen-bond acceptors (Lipinski definition) is 5. The maximum Gasteiger partial charge on any atom is 0.407 e. The zero-order chi connectivity index (χ0) is 18.1. The number of ether oxygens (including phenoxy) is 1. The molecule has 1 atom stereocenters. The van der Waals surface area contributed by atoms with Crippen molar-refractivity contribution in [1.82, 2.24) is 15.5 Å². The van der Waals surface area contributed by atoms with Gasteiger partial charge >= 0.3 is 6.09 Å². The Morgan fingerprint density at radius 3 is 2.68 bits per heavy atom. The highest BCUT2D eigenvalue weighted by Gasteiger charge is 2.33. The number of likely N-dealkylation sites (tertiary alicyclic amines) is 1. The molecular formula is C17H20N3O5. The van der Waals surface area contributed by atoms with Crippen molar-refractivity contribution in [3.63, 3.8) is 0 Å². The third-order valence-corrected chi connectivity index (χ3v) is 3.81. The Morgan fingerprint density at radius 1 is 1.20 bits per heavy atom. The number of amides is 3. The lowest BCUT2D eigenvalue weighted by Crippen LogP contribution is -2.49. The monoisotopic (exact) mass is 346 g/mol. The smallest absolute Gasteiger partial charge is 0.407 e. The molecule has 3 amide bonds. The lowest BCUT2D eigenvalue weighted by Gasteiger charge is -2.23. The van der Waals surface area contributed by atoms with Crippen molar-refractivity contribution in [3.8, 4) is 0 Å². The van der Waals surface area contributed by atoms with Crippen LogP contribution in [0.15, 0.2) is 30.3 Å². The molecule has 1 fully saturated rings. The second kappa shape index (κ2) is 9.41. The number of alkyl carbamates (subject to hydrolysis) is 1. The van der Waals surface area contributed by atoms with Gasteiger partial charge in [0.05, 0.1) is 6.54 Å². The standard InChI is InChI=1S/C17H20N3O5/c21-10-8-18-16(23)14-7-4-9-20(14)15(22)11-19-17(24)25-12-13-5-2-1-3-6-13/h1-3,5-6,14H,4,7-9,11-12H2,(H,18,23)(H,19,24)/t14-/m0/s1. The second-order valence-corrected chi connectivity index (χ2v) is 5.52. The summed E-state index contributed by atoms with van der Waals surface area (Å²) in [7, 11) is 0. The van der Waals surface area contributed by atoms with Gasteiger partial charge < -0.3 is 20.3 Å². The maximum atomic E-state index is 12.2. The van der Waals surface area contributed by atoms with Crippen LogP contribution in [0.2, 0.25) is 0 Å². The number of nitrogens with one attached hydrogen (secondary N) is 2. The molecule has 1 heterocycles. The zero-order valence-electron chi connectivity index (χ0n) is 13.7. The van der Waals surface area contributed by atoms with E-state index in [9.17, 15) is 19.2 Å². The van der Waals surface area contributed by atoms with Crippen LogP contribution in [0.25, 0.3) is 0 Å². The van der Waals surface area contributed by atoms with Gasteiger partial charge in [-0.2, -0.15) is 0 Å². The Morgan fingerprint density at radius 2 is 1.96 bits per heavy atom. The van der Waals surface area contributed by atoms with E-state index in [4.69, 9.17) is 4.74 Å². The van der Waals surface area contributed by atoms with E-state index in [-0.39, 0.29) is 31.5 Å². The summed E-state index contributed by atoms with van der Waals surface area (Å²) in [6.07, 6.45) is 2.08. The molecule has 0 spiro atoms. The van der Waals surface area contributed by atoms with Gasteiger partial charge in [0.25, 0.3) is 0 Å². The predicted molar refractivity (Wildman–Crippen MR) is 88.1 cm³/mol. The second-order valence-electron chi connectivity index (χ2n) is 5.52. The first-order chi connectivity index (χ1) is 12.1. The lowest BCUT2D eigenvalue weighted by atomic mass is 10.2. The summed E-state index contributed by atoms with van der Waals surface area (Å²) in [5, 5.41) is 4.78. The Hall–Kier alpha value is -2.90. The van der Waals surface area contributed by atoms with E-state index in [1.54, 1.807) is 6.29 Å². The minimum atomic E-state index is -0.701. The van der Waals surface area contributed by atoms with E-state index in [1.807, 2.05) is 30.3 Å². The van der Waals surface area contributed by atoms with E-state index in [0.717, 1.165) is 5.56 Å². The van der Waals surface area contributed by atoms with E-state index < -0.39 is 12.1 Å². The molecule has 0 bridgehead atoms. The third kappa shape index (κ3) is 5.59. The molecule has 25 heavy (non-hydrogen) atoms. The van der Waals surface area contributed by atoms with E-state index in [1.165, 1.54) is 4.90 Å². The molecule has 2 rings (SSSR count). The summed E-state index contributed by atoms with van der Waals surface area (Å²) in [5.41, 5.74) is 0.840. The summed E-state index contributed by atoms with van der Waals surface area (Å²) >= 11 is 0. The molecule has 1 saturated heterocycles. The molecule has 1 aliphatic heterocycles. The molecule has 1 aromatic carbocycles. The highest BCUT2D eigenvalue weighted by molar-refractivity contribution is 5.90.